The fourth-order valence-electron chi connectivity index (χ4n) is 2.00. The molecule has 0 saturated carbocycles. The number of hydrogen-bond acceptors (Lipinski definition) is 3. The second kappa shape index (κ2) is 6.17. The van der Waals surface area contributed by atoms with Gasteiger partial charge in [0.2, 0.25) is 0 Å². The molecule has 1 aromatic carbocycles. The molecule has 1 N–H and O–H groups in total. The SMILES string of the molecule is COc1ccc(CC(O)c2cnccc2C)cc1Br. The molecular weight excluding hydrogens is 306 g/mol. The molecule has 0 aliphatic heterocycles. The third kappa shape index (κ3) is 3.33. The predicted molar refractivity (Wildman–Crippen MR) is 78.3 cm³/mol. The first-order valence-electron chi connectivity index (χ1n) is 6.03. The zero-order valence-electron chi connectivity index (χ0n) is 10.9. The lowest BCUT2D eigenvalue weighted by molar-refractivity contribution is 0.177. The van der Waals surface area contributed by atoms with Crippen LogP contribution in [-0.2, 0) is 6.42 Å². The first-order valence-corrected chi connectivity index (χ1v) is 6.82. The molecule has 0 aliphatic carbocycles. The first kappa shape index (κ1) is 14.0. The molecule has 0 saturated heterocycles. The van der Waals surface area contributed by atoms with E-state index in [1.54, 1.807) is 19.5 Å². The molecule has 1 unspecified atom stereocenters. The summed E-state index contributed by atoms with van der Waals surface area (Å²) in [7, 11) is 1.63. The van der Waals surface area contributed by atoms with Crippen LogP contribution in [0.25, 0.3) is 0 Å². The van der Waals surface area contributed by atoms with E-state index in [9.17, 15) is 5.11 Å². The molecule has 1 aromatic heterocycles. The molecule has 2 rings (SSSR count). The summed E-state index contributed by atoms with van der Waals surface area (Å²) in [4.78, 5) is 4.06. The fraction of sp³-hybridized carbons (Fsp3) is 0.267. The molecule has 0 amide bonds. The van der Waals surface area contributed by atoms with Gasteiger partial charge < -0.3 is 9.84 Å². The van der Waals surface area contributed by atoms with Crippen molar-refractivity contribution in [2.45, 2.75) is 19.4 Å². The van der Waals surface area contributed by atoms with Crippen molar-refractivity contribution < 1.29 is 9.84 Å². The number of nitrogens with zero attached hydrogens (tertiary/aromatic N) is 1. The van der Waals surface area contributed by atoms with Crippen LogP contribution in [0.3, 0.4) is 0 Å². The summed E-state index contributed by atoms with van der Waals surface area (Å²) in [6.45, 7) is 1.98. The van der Waals surface area contributed by atoms with Gasteiger partial charge in [-0.1, -0.05) is 6.07 Å². The summed E-state index contributed by atoms with van der Waals surface area (Å²) in [5, 5.41) is 10.3. The zero-order valence-corrected chi connectivity index (χ0v) is 12.5. The molecule has 19 heavy (non-hydrogen) atoms. The summed E-state index contributed by atoms with van der Waals surface area (Å²) >= 11 is 3.45. The van der Waals surface area contributed by atoms with Crippen molar-refractivity contribution in [2.24, 2.45) is 0 Å². The molecule has 0 bridgehead atoms. The molecule has 3 nitrogen and oxygen atoms in total. The number of benzene rings is 1. The van der Waals surface area contributed by atoms with Gasteiger partial charge in [-0.15, -0.1) is 0 Å². The van der Waals surface area contributed by atoms with Gasteiger partial charge >= 0.3 is 0 Å². The van der Waals surface area contributed by atoms with E-state index in [2.05, 4.69) is 20.9 Å². The summed E-state index contributed by atoms with van der Waals surface area (Å²) < 4.78 is 6.08. The number of hydrogen-bond donors (Lipinski definition) is 1. The number of aromatic nitrogens is 1. The third-order valence-corrected chi connectivity index (χ3v) is 3.70. The van der Waals surface area contributed by atoms with Crippen molar-refractivity contribution in [1.29, 1.82) is 0 Å². The Balaban J connectivity index is 2.17. The maximum Gasteiger partial charge on any atom is 0.133 e. The molecule has 100 valence electrons. The quantitative estimate of drug-likeness (QED) is 0.938. The number of ether oxygens (including phenoxy) is 1. The van der Waals surface area contributed by atoms with Crippen LogP contribution < -0.4 is 4.74 Å². The highest BCUT2D eigenvalue weighted by molar-refractivity contribution is 9.10. The number of pyridine rings is 1. The Bertz CT molecular complexity index is 572. The fourth-order valence-corrected chi connectivity index (χ4v) is 2.58. The molecule has 0 aliphatic rings. The maximum absolute atomic E-state index is 10.3. The van der Waals surface area contributed by atoms with Crippen molar-refractivity contribution in [1.82, 2.24) is 4.98 Å². The Kier molecular flexibility index (Phi) is 4.56. The highest BCUT2D eigenvalue weighted by Crippen LogP contribution is 2.28. The van der Waals surface area contributed by atoms with Crippen LogP contribution in [-0.4, -0.2) is 17.2 Å². The van der Waals surface area contributed by atoms with Gasteiger partial charge in [0, 0.05) is 24.4 Å². The highest BCUT2D eigenvalue weighted by Gasteiger charge is 2.12. The van der Waals surface area contributed by atoms with E-state index in [1.165, 1.54) is 0 Å². The lowest BCUT2D eigenvalue weighted by atomic mass is 9.99. The number of halogens is 1. The van der Waals surface area contributed by atoms with Crippen LogP contribution in [0.1, 0.15) is 22.8 Å². The van der Waals surface area contributed by atoms with Gasteiger partial charge in [0.1, 0.15) is 5.75 Å². The Morgan fingerprint density at radius 1 is 1.37 bits per heavy atom. The number of rotatable bonds is 4. The average molecular weight is 322 g/mol. The van der Waals surface area contributed by atoms with Gasteiger partial charge in [0.25, 0.3) is 0 Å². The molecule has 1 atom stereocenters. The first-order chi connectivity index (χ1) is 9.11. The molecule has 0 spiro atoms. The highest BCUT2D eigenvalue weighted by atomic mass is 79.9. The topological polar surface area (TPSA) is 42.4 Å². The second-order valence-electron chi connectivity index (χ2n) is 4.42. The van der Waals surface area contributed by atoms with E-state index in [1.807, 2.05) is 31.2 Å². The molecular formula is C15H16BrNO2. The largest absolute Gasteiger partial charge is 0.496 e. The summed E-state index contributed by atoms with van der Waals surface area (Å²) in [5.41, 5.74) is 2.97. The van der Waals surface area contributed by atoms with Gasteiger partial charge in [-0.2, -0.15) is 0 Å². The van der Waals surface area contributed by atoms with Crippen LogP contribution in [0.5, 0.6) is 5.75 Å². The second-order valence-corrected chi connectivity index (χ2v) is 5.28. The van der Waals surface area contributed by atoms with Crippen molar-refractivity contribution in [3.63, 3.8) is 0 Å². The van der Waals surface area contributed by atoms with E-state index in [4.69, 9.17) is 4.74 Å². The van der Waals surface area contributed by atoms with Gasteiger partial charge in [0.15, 0.2) is 0 Å². The molecule has 1 heterocycles. The maximum atomic E-state index is 10.3. The Morgan fingerprint density at radius 2 is 2.16 bits per heavy atom. The average Bonchev–Trinajstić information content (AvgIpc) is 2.39. The summed E-state index contributed by atoms with van der Waals surface area (Å²) in [6.07, 6.45) is 3.46. The van der Waals surface area contributed by atoms with Crippen molar-refractivity contribution in [3.8, 4) is 5.75 Å². The summed E-state index contributed by atoms with van der Waals surface area (Å²) in [6, 6.07) is 7.72. The van der Waals surface area contributed by atoms with Crippen LogP contribution in [0.15, 0.2) is 41.1 Å². The van der Waals surface area contributed by atoms with Crippen LogP contribution in [0.2, 0.25) is 0 Å². The van der Waals surface area contributed by atoms with Crippen LogP contribution in [0, 0.1) is 6.92 Å². The predicted octanol–water partition coefficient (Wildman–Crippen LogP) is 3.44. The van der Waals surface area contributed by atoms with Gasteiger partial charge in [-0.3, -0.25) is 4.98 Å². The van der Waals surface area contributed by atoms with E-state index in [0.717, 1.165) is 26.9 Å². The van der Waals surface area contributed by atoms with Gasteiger partial charge in [0.05, 0.1) is 17.7 Å². The summed E-state index contributed by atoms with van der Waals surface area (Å²) in [5.74, 6) is 0.788. The van der Waals surface area contributed by atoms with Crippen LogP contribution >= 0.6 is 15.9 Å². The van der Waals surface area contributed by atoms with Gasteiger partial charge in [-0.25, -0.2) is 0 Å². The number of methoxy groups -OCH3 is 1. The van der Waals surface area contributed by atoms with Crippen LogP contribution in [0.4, 0.5) is 0 Å². The Labute approximate surface area is 121 Å². The normalized spacial score (nSPS) is 12.2. The standard InChI is InChI=1S/C15H16BrNO2/c1-10-5-6-17-9-12(10)14(18)8-11-3-4-15(19-2)13(16)7-11/h3-7,9,14,18H,8H2,1-2H3. The lowest BCUT2D eigenvalue weighted by Crippen LogP contribution is -2.04. The Morgan fingerprint density at radius 3 is 2.79 bits per heavy atom. The van der Waals surface area contributed by atoms with Crippen molar-refractivity contribution in [3.05, 3.63) is 57.8 Å². The monoisotopic (exact) mass is 321 g/mol. The number of aliphatic hydroxyl groups excluding tert-OH is 1. The Hall–Kier alpha value is -1.39. The molecule has 0 radical (unpaired) electrons. The third-order valence-electron chi connectivity index (χ3n) is 3.08. The molecule has 4 heteroatoms. The van der Waals surface area contributed by atoms with E-state index >= 15 is 0 Å². The van der Waals surface area contributed by atoms with Crippen molar-refractivity contribution in [2.75, 3.05) is 7.11 Å². The smallest absolute Gasteiger partial charge is 0.133 e. The minimum absolute atomic E-state index is 0.547. The molecule has 2 aromatic rings. The minimum atomic E-state index is -0.547. The van der Waals surface area contributed by atoms with E-state index < -0.39 is 6.10 Å². The minimum Gasteiger partial charge on any atom is -0.496 e. The number of aryl methyl sites for hydroxylation is 1. The lowest BCUT2D eigenvalue weighted by Gasteiger charge is -2.14. The van der Waals surface area contributed by atoms with Gasteiger partial charge in [-0.05, 0) is 52.2 Å². The van der Waals surface area contributed by atoms with E-state index in [0.29, 0.717) is 6.42 Å². The van der Waals surface area contributed by atoms with Crippen molar-refractivity contribution >= 4 is 15.9 Å². The zero-order chi connectivity index (χ0) is 13.8. The molecule has 0 fully saturated rings. The van der Waals surface area contributed by atoms with E-state index in [-0.39, 0.29) is 0 Å². The number of aliphatic hydroxyl groups is 1.